The van der Waals surface area contributed by atoms with E-state index in [1.165, 1.54) is 37.5 Å². The molecule has 2 N–H and O–H groups in total. The average Bonchev–Trinajstić information content (AvgIpc) is 2.91. The van der Waals surface area contributed by atoms with Crippen molar-refractivity contribution in [3.05, 3.63) is 120 Å². The Labute approximate surface area is 233 Å². The Balaban J connectivity index is 2.40. The molecular weight excluding hydrogens is 599 g/mol. The minimum Gasteiger partial charge on any atom is -0.494 e. The molecule has 0 aliphatic rings. The number of allylic oxidation sites excluding steroid dienone is 2. The first-order chi connectivity index (χ1) is 19.0. The van der Waals surface area contributed by atoms with Gasteiger partial charge in [0, 0.05) is 15.8 Å². The molecule has 0 aliphatic heterocycles. The van der Waals surface area contributed by atoms with Crippen molar-refractivity contribution in [3.8, 4) is 11.4 Å². The Bertz CT molecular complexity index is 1640. The van der Waals surface area contributed by atoms with Crippen molar-refractivity contribution in [2.24, 2.45) is 4.99 Å². The minimum atomic E-state index is -1.17. The molecule has 0 fully saturated rings. The number of ether oxygens (including phenoxy) is 1. The van der Waals surface area contributed by atoms with E-state index in [2.05, 4.69) is 20.9 Å². The molecular formula is C26H23BrF3N5O5. The van der Waals surface area contributed by atoms with Gasteiger partial charge >= 0.3 is 5.69 Å². The van der Waals surface area contributed by atoms with Crippen molar-refractivity contribution in [2.75, 3.05) is 24.7 Å². The molecule has 3 aromatic rings. The molecule has 0 radical (unpaired) electrons. The lowest BCUT2D eigenvalue weighted by Crippen LogP contribution is -2.44. The van der Waals surface area contributed by atoms with Crippen LogP contribution < -0.4 is 21.7 Å². The summed E-state index contributed by atoms with van der Waals surface area (Å²) in [5, 5.41) is 10.6. The van der Waals surface area contributed by atoms with Crippen LogP contribution >= 0.6 is 15.9 Å². The van der Waals surface area contributed by atoms with Crippen LogP contribution in [0.25, 0.3) is 5.69 Å². The Hall–Kier alpha value is -4.46. The summed E-state index contributed by atoms with van der Waals surface area (Å²) in [6.45, 7) is 0.368. The molecule has 0 unspecified atom stereocenters. The van der Waals surface area contributed by atoms with E-state index in [0.717, 1.165) is 28.8 Å². The molecule has 0 bridgehead atoms. The van der Waals surface area contributed by atoms with Crippen LogP contribution in [0.4, 0.5) is 19.0 Å². The molecule has 2 aromatic carbocycles. The van der Waals surface area contributed by atoms with Crippen LogP contribution in [0.3, 0.4) is 0 Å². The predicted octanol–water partition coefficient (Wildman–Crippen LogP) is 3.98. The van der Waals surface area contributed by atoms with Gasteiger partial charge in [0.15, 0.2) is 11.6 Å². The highest BCUT2D eigenvalue weighted by atomic mass is 79.9. The Morgan fingerprint density at radius 1 is 1.18 bits per heavy atom. The highest BCUT2D eigenvalue weighted by Gasteiger charge is 2.25. The Morgan fingerprint density at radius 3 is 2.40 bits per heavy atom. The number of nitrogens with zero attached hydrogens (tertiary/aromatic N) is 4. The largest absolute Gasteiger partial charge is 0.494 e. The number of hydrogen-bond donors (Lipinski definition) is 1. The van der Waals surface area contributed by atoms with Gasteiger partial charge in [-0.05, 0) is 43.3 Å². The number of halogens is 4. The number of hydrogen-bond acceptors (Lipinski definition) is 7. The van der Waals surface area contributed by atoms with Crippen LogP contribution in [-0.2, 0) is 6.54 Å². The summed E-state index contributed by atoms with van der Waals surface area (Å²) in [5.41, 5.74) is 2.81. The number of nitrogens with two attached hydrogens (primary N) is 1. The lowest BCUT2D eigenvalue weighted by atomic mass is 10.1. The highest BCUT2D eigenvalue weighted by Crippen LogP contribution is 2.23. The Morgan fingerprint density at radius 2 is 1.82 bits per heavy atom. The van der Waals surface area contributed by atoms with Crippen molar-refractivity contribution < 1.29 is 22.8 Å². The molecule has 0 amide bonds. The summed E-state index contributed by atoms with van der Waals surface area (Å²) in [7, 11) is 1.19. The molecule has 1 heterocycles. The zero-order valence-corrected chi connectivity index (χ0v) is 22.8. The summed E-state index contributed by atoms with van der Waals surface area (Å²) in [6.07, 6.45) is 4.08. The third kappa shape index (κ3) is 6.22. The standard InChI is InChI=1S/C26H23BrF3N5O5/c1-3-15(7-6-12-34(38)39)32-19(13-27)22-24(31)33(14-16-17(28)8-4-9-18(16)29)26(37)35(25(22)36)20-10-5-11-21(40-2)23(20)30/h3-11H,12-14,31H2,1-2H3/b7-6-,15-3+,32-19?. The van der Waals surface area contributed by atoms with Gasteiger partial charge in [-0.3, -0.25) is 24.5 Å². The van der Waals surface area contributed by atoms with Crippen LogP contribution in [0.2, 0.25) is 0 Å². The summed E-state index contributed by atoms with van der Waals surface area (Å²) in [4.78, 5) is 41.8. The fraction of sp³-hybridized carbons (Fsp3) is 0.192. The molecule has 10 nitrogen and oxygen atoms in total. The lowest BCUT2D eigenvalue weighted by molar-refractivity contribution is -0.468. The molecule has 0 saturated heterocycles. The Kier molecular flexibility index (Phi) is 9.82. The van der Waals surface area contributed by atoms with Gasteiger partial charge in [-0.2, -0.15) is 0 Å². The van der Waals surface area contributed by atoms with Crippen molar-refractivity contribution >= 4 is 27.5 Å². The van der Waals surface area contributed by atoms with E-state index in [1.54, 1.807) is 6.92 Å². The van der Waals surface area contributed by atoms with Crippen molar-refractivity contribution in [1.82, 2.24) is 9.13 Å². The second-order valence-corrected chi connectivity index (χ2v) is 8.65. The molecule has 0 spiro atoms. The molecule has 0 saturated carbocycles. The van der Waals surface area contributed by atoms with Crippen molar-refractivity contribution in [1.29, 1.82) is 0 Å². The molecule has 0 atom stereocenters. The maximum atomic E-state index is 15.3. The first kappa shape index (κ1) is 30.1. The van der Waals surface area contributed by atoms with Gasteiger partial charge in [-0.1, -0.05) is 34.1 Å². The van der Waals surface area contributed by atoms with Crippen LogP contribution in [0.5, 0.6) is 5.75 Å². The maximum Gasteiger partial charge on any atom is 0.337 e. The fourth-order valence-corrected chi connectivity index (χ4v) is 4.15. The quantitative estimate of drug-likeness (QED) is 0.120. The second-order valence-electron chi connectivity index (χ2n) is 8.09. The number of nitrogen functional groups attached to an aromatic ring is 1. The second kappa shape index (κ2) is 13.1. The monoisotopic (exact) mass is 621 g/mol. The van der Waals surface area contributed by atoms with Gasteiger partial charge in [0.1, 0.15) is 23.0 Å². The van der Waals surface area contributed by atoms with Gasteiger partial charge in [-0.25, -0.2) is 22.5 Å². The van der Waals surface area contributed by atoms with Gasteiger partial charge in [0.05, 0.1) is 30.8 Å². The highest BCUT2D eigenvalue weighted by molar-refractivity contribution is 9.09. The maximum absolute atomic E-state index is 15.3. The van der Waals surface area contributed by atoms with Gasteiger partial charge in [-0.15, -0.1) is 0 Å². The van der Waals surface area contributed by atoms with Gasteiger partial charge in [0.25, 0.3) is 5.56 Å². The number of aromatic nitrogens is 2. The molecule has 40 heavy (non-hydrogen) atoms. The van der Waals surface area contributed by atoms with Gasteiger partial charge < -0.3 is 10.5 Å². The van der Waals surface area contributed by atoms with E-state index in [9.17, 15) is 28.5 Å². The summed E-state index contributed by atoms with van der Waals surface area (Å²) in [5.74, 6) is -3.74. The van der Waals surface area contributed by atoms with E-state index in [4.69, 9.17) is 10.5 Å². The van der Waals surface area contributed by atoms with Crippen LogP contribution in [0.15, 0.2) is 74.9 Å². The number of nitro groups is 1. The smallest absolute Gasteiger partial charge is 0.337 e. The molecule has 210 valence electrons. The summed E-state index contributed by atoms with van der Waals surface area (Å²) in [6, 6.07) is 6.88. The number of aliphatic imine (C=N–C) groups is 1. The van der Waals surface area contributed by atoms with E-state index >= 15 is 4.39 Å². The topological polar surface area (TPSA) is 135 Å². The predicted molar refractivity (Wildman–Crippen MR) is 148 cm³/mol. The third-order valence-corrected chi connectivity index (χ3v) is 6.22. The minimum absolute atomic E-state index is 0.0406. The van der Waals surface area contributed by atoms with Gasteiger partial charge in [0.2, 0.25) is 6.54 Å². The fourth-order valence-electron chi connectivity index (χ4n) is 3.74. The average molecular weight is 622 g/mol. The molecule has 0 aliphatic carbocycles. The van der Waals surface area contributed by atoms with E-state index in [0.29, 0.717) is 4.57 Å². The van der Waals surface area contributed by atoms with Crippen molar-refractivity contribution in [2.45, 2.75) is 13.5 Å². The SMILES string of the molecule is C/C=C(\C=C/C[N+](=O)[O-])N=C(CBr)c1c(N)n(Cc2c(F)cccc2F)c(=O)n(-c2cccc(OC)c2F)c1=O. The number of alkyl halides is 1. The van der Waals surface area contributed by atoms with Crippen LogP contribution in [0.1, 0.15) is 18.1 Å². The molecule has 14 heteroatoms. The normalized spacial score (nSPS) is 12.2. The lowest BCUT2D eigenvalue weighted by Gasteiger charge is -2.18. The molecule has 1 aromatic heterocycles. The van der Waals surface area contributed by atoms with Crippen LogP contribution in [-0.4, -0.2) is 38.8 Å². The van der Waals surface area contributed by atoms with E-state index in [1.807, 2.05) is 0 Å². The molecule has 3 rings (SSSR count). The summed E-state index contributed by atoms with van der Waals surface area (Å²) >= 11 is 3.23. The van der Waals surface area contributed by atoms with Crippen molar-refractivity contribution in [3.63, 3.8) is 0 Å². The van der Waals surface area contributed by atoms with Crippen LogP contribution in [0, 0.1) is 27.6 Å². The third-order valence-electron chi connectivity index (χ3n) is 5.69. The number of rotatable bonds is 10. The zero-order chi connectivity index (χ0) is 29.6. The number of methoxy groups -OCH3 is 1. The summed E-state index contributed by atoms with van der Waals surface area (Å²) < 4.78 is 50.6. The zero-order valence-electron chi connectivity index (χ0n) is 21.2. The number of anilines is 1. The van der Waals surface area contributed by atoms with E-state index < -0.39 is 63.8 Å². The number of benzene rings is 2. The first-order valence-corrected chi connectivity index (χ1v) is 12.7. The first-order valence-electron chi connectivity index (χ1n) is 11.5. The van der Waals surface area contributed by atoms with E-state index in [-0.39, 0.29) is 28.1 Å².